The maximum absolute atomic E-state index is 4.31. The van der Waals surface area contributed by atoms with E-state index in [-0.39, 0.29) is 0 Å². The van der Waals surface area contributed by atoms with E-state index in [2.05, 4.69) is 36.4 Å². The van der Waals surface area contributed by atoms with Gasteiger partial charge in [-0.15, -0.1) is 10.2 Å². The Bertz CT molecular complexity index is 471. The molecule has 0 aliphatic rings. The van der Waals surface area contributed by atoms with Crippen LogP contribution in [0.25, 0.3) is 0 Å². The van der Waals surface area contributed by atoms with Crippen LogP contribution in [0, 0.1) is 0 Å². The van der Waals surface area contributed by atoms with E-state index in [1.165, 1.54) is 0 Å². The van der Waals surface area contributed by atoms with E-state index in [0.717, 1.165) is 31.9 Å². The van der Waals surface area contributed by atoms with E-state index in [0.29, 0.717) is 0 Å². The first-order valence-electron chi connectivity index (χ1n) is 5.08. The summed E-state index contributed by atoms with van der Waals surface area (Å²) in [5, 5.41) is 12.2. The van der Waals surface area contributed by atoms with Gasteiger partial charge in [-0.1, -0.05) is 23.1 Å². The molecule has 2 rings (SSSR count). The maximum Gasteiger partial charge on any atom is 0.206 e. The number of nitrogens with one attached hydrogen (secondary N) is 1. The molecule has 2 aromatic rings. The summed E-state index contributed by atoms with van der Waals surface area (Å²) in [6, 6.07) is 4.00. The minimum Gasteiger partial charge on any atom is -0.360 e. The second kappa shape index (κ2) is 6.32. The molecule has 1 N–H and O–H groups in total. The summed E-state index contributed by atoms with van der Waals surface area (Å²) in [6.07, 6.45) is 1.81. The van der Waals surface area contributed by atoms with Crippen LogP contribution in [0.4, 0.5) is 5.13 Å². The number of rotatable bonds is 5. The van der Waals surface area contributed by atoms with E-state index < -0.39 is 0 Å². The number of hydrogen-bond acceptors (Lipinski definition) is 6. The van der Waals surface area contributed by atoms with E-state index in [4.69, 9.17) is 0 Å². The lowest BCUT2D eigenvalue weighted by Gasteiger charge is -1.97. The summed E-state index contributed by atoms with van der Waals surface area (Å²) in [5.74, 6) is 0.814. The summed E-state index contributed by atoms with van der Waals surface area (Å²) >= 11 is 6.59. The van der Waals surface area contributed by atoms with Crippen LogP contribution in [0.2, 0.25) is 0 Å². The highest BCUT2D eigenvalue weighted by Crippen LogP contribution is 2.27. The van der Waals surface area contributed by atoms with Crippen molar-refractivity contribution in [1.29, 1.82) is 0 Å². The molecule has 17 heavy (non-hydrogen) atoms. The second-order valence-corrected chi connectivity index (χ2v) is 6.28. The van der Waals surface area contributed by atoms with Crippen LogP contribution in [-0.4, -0.2) is 21.7 Å². The molecule has 2 heterocycles. The number of halogens is 1. The number of anilines is 1. The van der Waals surface area contributed by atoms with Gasteiger partial charge in [0.1, 0.15) is 0 Å². The molecular weight excluding hydrogens is 320 g/mol. The molecule has 0 aliphatic heterocycles. The van der Waals surface area contributed by atoms with Crippen molar-refractivity contribution in [1.82, 2.24) is 15.2 Å². The van der Waals surface area contributed by atoms with Gasteiger partial charge in [0.05, 0.1) is 5.69 Å². The Morgan fingerprint density at radius 3 is 3.00 bits per heavy atom. The zero-order chi connectivity index (χ0) is 12.1. The summed E-state index contributed by atoms with van der Waals surface area (Å²) < 4.78 is 1.96. The number of thioether (sulfide) groups is 1. The lowest BCUT2D eigenvalue weighted by Crippen LogP contribution is -1.94. The Morgan fingerprint density at radius 2 is 2.29 bits per heavy atom. The fraction of sp³-hybridized carbons (Fsp3) is 0.300. The third kappa shape index (κ3) is 3.93. The van der Waals surface area contributed by atoms with Gasteiger partial charge in [0, 0.05) is 23.0 Å². The quantitative estimate of drug-likeness (QED) is 0.851. The molecular formula is C10H11BrN4S2. The zero-order valence-electron chi connectivity index (χ0n) is 9.18. The fourth-order valence-corrected chi connectivity index (χ4v) is 3.09. The monoisotopic (exact) mass is 330 g/mol. The topological polar surface area (TPSA) is 50.7 Å². The highest BCUT2D eigenvalue weighted by Gasteiger charge is 2.04. The van der Waals surface area contributed by atoms with Crippen molar-refractivity contribution < 1.29 is 0 Å². The van der Waals surface area contributed by atoms with E-state index in [1.54, 1.807) is 29.3 Å². The number of nitrogens with zero attached hydrogens (tertiary/aromatic N) is 3. The lowest BCUT2D eigenvalue weighted by molar-refractivity contribution is 1.00. The molecule has 0 saturated heterocycles. The molecule has 0 bridgehead atoms. The van der Waals surface area contributed by atoms with Gasteiger partial charge < -0.3 is 5.32 Å². The summed E-state index contributed by atoms with van der Waals surface area (Å²) in [5.41, 5.74) is 1.04. The molecule has 0 spiro atoms. The highest BCUT2D eigenvalue weighted by molar-refractivity contribution is 9.10. The Labute approximate surface area is 116 Å². The van der Waals surface area contributed by atoms with Crippen LogP contribution in [-0.2, 0) is 5.75 Å². The maximum atomic E-state index is 4.31. The summed E-state index contributed by atoms with van der Waals surface area (Å²) in [6.45, 7) is 2.91. The molecule has 4 nitrogen and oxygen atoms in total. The standard InChI is InChI=1S/C10H11BrN4S2/c1-2-12-9-14-15-10(17-9)16-6-8-4-3-7(11)5-13-8/h3-5H,2,6H2,1H3,(H,12,14). The Hall–Kier alpha value is -0.660. The van der Waals surface area contributed by atoms with Crippen LogP contribution < -0.4 is 5.32 Å². The van der Waals surface area contributed by atoms with Gasteiger partial charge in [-0.25, -0.2) is 0 Å². The third-order valence-electron chi connectivity index (χ3n) is 1.87. The molecule has 0 aliphatic carbocycles. The van der Waals surface area contributed by atoms with Crippen molar-refractivity contribution >= 4 is 44.2 Å². The normalized spacial score (nSPS) is 10.5. The molecule has 0 atom stereocenters. The molecule has 0 amide bonds. The fourth-order valence-electron chi connectivity index (χ4n) is 1.12. The van der Waals surface area contributed by atoms with Gasteiger partial charge in [-0.05, 0) is 35.0 Å². The molecule has 0 saturated carbocycles. The predicted octanol–water partition coefficient (Wildman–Crippen LogP) is 3.42. The Kier molecular flexibility index (Phi) is 4.75. The van der Waals surface area contributed by atoms with Crippen molar-refractivity contribution in [2.75, 3.05) is 11.9 Å². The van der Waals surface area contributed by atoms with Crippen molar-refractivity contribution in [3.05, 3.63) is 28.5 Å². The first-order chi connectivity index (χ1) is 8.28. The van der Waals surface area contributed by atoms with Crippen molar-refractivity contribution in [3.8, 4) is 0 Å². The Morgan fingerprint density at radius 1 is 1.41 bits per heavy atom. The first kappa shape index (κ1) is 12.8. The van der Waals surface area contributed by atoms with Crippen molar-refractivity contribution in [3.63, 3.8) is 0 Å². The average Bonchev–Trinajstić information content (AvgIpc) is 2.77. The number of pyridine rings is 1. The van der Waals surface area contributed by atoms with Crippen LogP contribution >= 0.6 is 39.0 Å². The highest BCUT2D eigenvalue weighted by atomic mass is 79.9. The molecule has 0 aromatic carbocycles. The van der Waals surface area contributed by atoms with Crippen LogP contribution in [0.5, 0.6) is 0 Å². The van der Waals surface area contributed by atoms with Gasteiger partial charge in [0.25, 0.3) is 0 Å². The molecule has 90 valence electrons. The zero-order valence-corrected chi connectivity index (χ0v) is 12.4. The van der Waals surface area contributed by atoms with Crippen molar-refractivity contribution in [2.45, 2.75) is 17.0 Å². The molecule has 0 fully saturated rings. The van der Waals surface area contributed by atoms with Crippen LogP contribution in [0.3, 0.4) is 0 Å². The third-order valence-corrected chi connectivity index (χ3v) is 4.38. The van der Waals surface area contributed by atoms with Gasteiger partial charge in [-0.2, -0.15) is 0 Å². The smallest absolute Gasteiger partial charge is 0.206 e. The summed E-state index contributed by atoms with van der Waals surface area (Å²) in [4.78, 5) is 4.31. The van der Waals surface area contributed by atoms with Crippen molar-refractivity contribution in [2.24, 2.45) is 0 Å². The molecule has 0 radical (unpaired) electrons. The van der Waals surface area contributed by atoms with Gasteiger partial charge in [0.15, 0.2) is 4.34 Å². The average molecular weight is 331 g/mol. The predicted molar refractivity (Wildman–Crippen MR) is 75.6 cm³/mol. The van der Waals surface area contributed by atoms with Gasteiger partial charge in [-0.3, -0.25) is 4.98 Å². The van der Waals surface area contributed by atoms with Gasteiger partial charge >= 0.3 is 0 Å². The van der Waals surface area contributed by atoms with Gasteiger partial charge in [0.2, 0.25) is 5.13 Å². The number of hydrogen-bond donors (Lipinski definition) is 1. The summed E-state index contributed by atoms with van der Waals surface area (Å²) in [7, 11) is 0. The van der Waals surface area contributed by atoms with E-state index in [9.17, 15) is 0 Å². The largest absolute Gasteiger partial charge is 0.360 e. The van der Waals surface area contributed by atoms with E-state index in [1.807, 2.05) is 19.1 Å². The van der Waals surface area contributed by atoms with E-state index >= 15 is 0 Å². The van der Waals surface area contributed by atoms with Crippen LogP contribution in [0.1, 0.15) is 12.6 Å². The molecule has 2 aromatic heterocycles. The van der Waals surface area contributed by atoms with Crippen LogP contribution in [0.15, 0.2) is 27.1 Å². The molecule has 0 unspecified atom stereocenters. The minimum atomic E-state index is 0.814. The lowest BCUT2D eigenvalue weighted by atomic mass is 10.4. The minimum absolute atomic E-state index is 0.814. The number of aromatic nitrogens is 3. The first-order valence-corrected chi connectivity index (χ1v) is 7.68. The Balaban J connectivity index is 1.90. The molecule has 7 heteroatoms. The second-order valence-electron chi connectivity index (χ2n) is 3.16. The SMILES string of the molecule is CCNc1nnc(SCc2ccc(Br)cn2)s1.